The molecule has 0 spiro atoms. The van der Waals surface area contributed by atoms with Crippen LogP contribution in [0.1, 0.15) is 122 Å². The van der Waals surface area contributed by atoms with Gasteiger partial charge in [0.2, 0.25) is 0 Å². The van der Waals surface area contributed by atoms with E-state index in [2.05, 4.69) is 19.6 Å². The minimum Gasteiger partial charge on any atom is -0.175 e. The second-order valence-electron chi connectivity index (χ2n) is 6.63. The lowest BCUT2D eigenvalue weighted by atomic mass is 10.0. The van der Waals surface area contributed by atoms with Gasteiger partial charge in [0.1, 0.15) is 0 Å². The van der Waals surface area contributed by atoms with Crippen molar-refractivity contribution in [1.29, 1.82) is 0 Å². The number of hydrogen-bond donors (Lipinski definition) is 1. The molecule has 0 unspecified atom stereocenters. The maximum atomic E-state index is 4.13. The van der Waals surface area contributed by atoms with Crippen molar-refractivity contribution in [2.45, 2.75) is 122 Å². The quantitative estimate of drug-likeness (QED) is 0.192. The van der Waals surface area contributed by atoms with E-state index in [1.807, 2.05) is 5.75 Å². The first kappa shape index (κ1) is 21.4. The van der Waals surface area contributed by atoms with E-state index in [4.69, 9.17) is 0 Å². The second-order valence-corrected chi connectivity index (χ2v) is 6.99. The zero-order chi connectivity index (χ0) is 15.4. The molecule has 0 bridgehead atoms. The maximum absolute atomic E-state index is 4.13. The van der Waals surface area contributed by atoms with E-state index in [1.54, 1.807) is 0 Å². The standard InChI is InChI=1S/C20H41S/c1-2-3-4-5-6-7-8-9-10-11-12-13-14-15-16-17-18-19-20-21/h20-21H,2-19H2,1H3. The molecule has 1 radical (unpaired) electrons. The van der Waals surface area contributed by atoms with Gasteiger partial charge in [-0.1, -0.05) is 116 Å². The van der Waals surface area contributed by atoms with Crippen LogP contribution in [0.25, 0.3) is 0 Å². The summed E-state index contributed by atoms with van der Waals surface area (Å²) in [4.78, 5) is 0. The second kappa shape index (κ2) is 20.3. The van der Waals surface area contributed by atoms with Gasteiger partial charge in [0, 0.05) is 5.75 Å². The van der Waals surface area contributed by atoms with Crippen LogP contribution in [-0.2, 0) is 0 Å². The highest BCUT2D eigenvalue weighted by Gasteiger charge is 1.94. The zero-order valence-corrected chi connectivity index (χ0v) is 15.6. The van der Waals surface area contributed by atoms with Crippen molar-refractivity contribution in [1.82, 2.24) is 0 Å². The third kappa shape index (κ3) is 20.4. The summed E-state index contributed by atoms with van der Waals surface area (Å²) in [6.07, 6.45) is 25.8. The molecular weight excluding hydrogens is 272 g/mol. The van der Waals surface area contributed by atoms with Crippen LogP contribution in [0, 0.1) is 5.75 Å². The Balaban J connectivity index is 2.90. The van der Waals surface area contributed by atoms with Crippen molar-refractivity contribution in [2.24, 2.45) is 0 Å². The molecule has 127 valence electrons. The van der Waals surface area contributed by atoms with Gasteiger partial charge in [0.25, 0.3) is 0 Å². The van der Waals surface area contributed by atoms with Crippen LogP contribution in [0.4, 0.5) is 0 Å². The van der Waals surface area contributed by atoms with Crippen molar-refractivity contribution in [3.8, 4) is 0 Å². The van der Waals surface area contributed by atoms with Crippen LogP contribution in [0.5, 0.6) is 0 Å². The molecule has 0 aliphatic rings. The van der Waals surface area contributed by atoms with Crippen molar-refractivity contribution in [2.75, 3.05) is 0 Å². The van der Waals surface area contributed by atoms with E-state index < -0.39 is 0 Å². The molecule has 0 nitrogen and oxygen atoms in total. The molecule has 0 amide bonds. The van der Waals surface area contributed by atoms with Gasteiger partial charge in [-0.05, 0) is 6.42 Å². The molecule has 0 rings (SSSR count). The number of unbranched alkanes of at least 4 members (excludes halogenated alkanes) is 17. The zero-order valence-electron chi connectivity index (χ0n) is 14.8. The Hall–Kier alpha value is 0.350. The Morgan fingerprint density at radius 2 is 0.762 bits per heavy atom. The summed E-state index contributed by atoms with van der Waals surface area (Å²) in [5.74, 6) is 1.99. The van der Waals surface area contributed by atoms with Gasteiger partial charge in [-0.25, -0.2) is 0 Å². The molecule has 21 heavy (non-hydrogen) atoms. The van der Waals surface area contributed by atoms with Crippen LogP contribution >= 0.6 is 12.6 Å². The Labute approximate surface area is 141 Å². The molecule has 0 N–H and O–H groups in total. The summed E-state index contributed by atoms with van der Waals surface area (Å²) in [5, 5.41) is 0. The van der Waals surface area contributed by atoms with Crippen LogP contribution in [-0.4, -0.2) is 0 Å². The van der Waals surface area contributed by atoms with Crippen molar-refractivity contribution in [3.63, 3.8) is 0 Å². The van der Waals surface area contributed by atoms with E-state index >= 15 is 0 Å². The average molecular weight is 314 g/mol. The smallest absolute Gasteiger partial charge is 0.0133 e. The third-order valence-corrected chi connectivity index (χ3v) is 4.69. The topological polar surface area (TPSA) is 0 Å². The van der Waals surface area contributed by atoms with E-state index in [1.165, 1.54) is 116 Å². The van der Waals surface area contributed by atoms with Gasteiger partial charge in [-0.15, -0.1) is 0 Å². The molecule has 0 saturated carbocycles. The maximum Gasteiger partial charge on any atom is 0.0133 e. The van der Waals surface area contributed by atoms with Crippen molar-refractivity contribution < 1.29 is 0 Å². The molecule has 0 aromatic carbocycles. The first-order valence-corrected chi connectivity index (χ1v) is 10.4. The van der Waals surface area contributed by atoms with Gasteiger partial charge >= 0.3 is 0 Å². The van der Waals surface area contributed by atoms with Gasteiger partial charge in [-0.3, -0.25) is 0 Å². The first-order chi connectivity index (χ1) is 10.4. The van der Waals surface area contributed by atoms with Gasteiger partial charge < -0.3 is 0 Å². The fourth-order valence-electron chi connectivity index (χ4n) is 2.96. The normalized spacial score (nSPS) is 11.1. The van der Waals surface area contributed by atoms with Gasteiger partial charge in [0.15, 0.2) is 0 Å². The molecule has 0 aliphatic carbocycles. The summed E-state index contributed by atoms with van der Waals surface area (Å²) in [6, 6.07) is 0. The van der Waals surface area contributed by atoms with Gasteiger partial charge in [0.05, 0.1) is 0 Å². The summed E-state index contributed by atoms with van der Waals surface area (Å²) in [6.45, 7) is 2.29. The predicted octanol–water partition coefficient (Wildman–Crippen LogP) is 8.12. The fourth-order valence-corrected chi connectivity index (χ4v) is 3.14. The van der Waals surface area contributed by atoms with Crippen molar-refractivity contribution >= 4 is 12.6 Å². The molecule has 0 aromatic rings. The molecule has 0 saturated heterocycles. The van der Waals surface area contributed by atoms with Gasteiger partial charge in [-0.2, -0.15) is 12.6 Å². The lowest BCUT2D eigenvalue weighted by Crippen LogP contribution is -1.83. The lowest BCUT2D eigenvalue weighted by molar-refractivity contribution is 0.527. The third-order valence-electron chi connectivity index (χ3n) is 4.44. The molecule has 0 heterocycles. The number of hydrogen-bond acceptors (Lipinski definition) is 1. The SMILES string of the molecule is CCCCCCCCCCCCCCCCCCC[CH]S. The van der Waals surface area contributed by atoms with Crippen LogP contribution in [0.2, 0.25) is 0 Å². The molecule has 0 fully saturated rings. The monoisotopic (exact) mass is 313 g/mol. The first-order valence-electron chi connectivity index (χ1n) is 9.87. The van der Waals surface area contributed by atoms with Crippen LogP contribution < -0.4 is 0 Å². The Morgan fingerprint density at radius 1 is 0.476 bits per heavy atom. The Kier molecular flexibility index (Phi) is 20.7. The molecule has 1 heteroatoms. The highest BCUT2D eigenvalue weighted by atomic mass is 32.1. The molecule has 0 aliphatic heterocycles. The summed E-state index contributed by atoms with van der Waals surface area (Å²) in [5.41, 5.74) is 0. The minimum absolute atomic E-state index is 1.18. The Bertz CT molecular complexity index is 149. The molecule has 0 aromatic heterocycles. The Morgan fingerprint density at radius 3 is 1.05 bits per heavy atom. The van der Waals surface area contributed by atoms with E-state index in [0.717, 1.165) is 0 Å². The largest absolute Gasteiger partial charge is 0.175 e. The predicted molar refractivity (Wildman–Crippen MR) is 102 cm³/mol. The van der Waals surface area contributed by atoms with Crippen LogP contribution in [0.3, 0.4) is 0 Å². The highest BCUT2D eigenvalue weighted by Crippen LogP contribution is 2.14. The minimum atomic E-state index is 1.18. The molecular formula is C20H41S. The van der Waals surface area contributed by atoms with E-state index in [9.17, 15) is 0 Å². The number of thiol groups is 1. The van der Waals surface area contributed by atoms with Crippen LogP contribution in [0.15, 0.2) is 0 Å². The number of rotatable bonds is 18. The average Bonchev–Trinajstić information content (AvgIpc) is 2.50. The lowest BCUT2D eigenvalue weighted by Gasteiger charge is -2.03. The fraction of sp³-hybridized carbons (Fsp3) is 0.950. The summed E-state index contributed by atoms with van der Waals surface area (Å²) >= 11 is 4.13. The van der Waals surface area contributed by atoms with E-state index in [0.29, 0.717) is 0 Å². The summed E-state index contributed by atoms with van der Waals surface area (Å²) in [7, 11) is 0. The molecule has 0 atom stereocenters. The summed E-state index contributed by atoms with van der Waals surface area (Å²) < 4.78 is 0. The van der Waals surface area contributed by atoms with E-state index in [-0.39, 0.29) is 0 Å². The van der Waals surface area contributed by atoms with Crippen molar-refractivity contribution in [3.05, 3.63) is 5.75 Å². The highest BCUT2D eigenvalue weighted by molar-refractivity contribution is 7.82.